The second-order valence-electron chi connectivity index (χ2n) is 5.87. The number of amides is 2. The molecule has 2 atom stereocenters. The first-order valence-corrected chi connectivity index (χ1v) is 7.82. The lowest BCUT2D eigenvalue weighted by atomic mass is 10.0. The molecule has 2 fully saturated rings. The molecule has 2 aliphatic rings. The van der Waals surface area contributed by atoms with E-state index in [0.29, 0.717) is 37.7 Å². The highest BCUT2D eigenvalue weighted by Crippen LogP contribution is 2.26. The minimum atomic E-state index is -0.221. The summed E-state index contributed by atoms with van der Waals surface area (Å²) in [5.74, 6) is -0.123. The zero-order valence-corrected chi connectivity index (χ0v) is 13.3. The van der Waals surface area contributed by atoms with Gasteiger partial charge in [-0.05, 0) is 17.7 Å². The van der Waals surface area contributed by atoms with Crippen LogP contribution in [0.4, 0.5) is 0 Å². The van der Waals surface area contributed by atoms with Crippen LogP contribution in [-0.2, 0) is 14.3 Å². The lowest BCUT2D eigenvalue weighted by Gasteiger charge is -2.34. The number of ether oxygens (including phenoxy) is 1. The number of hydrogen-bond donors (Lipinski definition) is 0. The highest BCUT2D eigenvalue weighted by atomic mass is 35.5. The van der Waals surface area contributed by atoms with Crippen molar-refractivity contribution in [1.29, 1.82) is 0 Å². The van der Waals surface area contributed by atoms with Crippen LogP contribution in [0.3, 0.4) is 0 Å². The predicted molar refractivity (Wildman–Crippen MR) is 82.5 cm³/mol. The van der Waals surface area contributed by atoms with Gasteiger partial charge in [-0.2, -0.15) is 0 Å². The topological polar surface area (TPSA) is 49.9 Å². The zero-order valence-electron chi connectivity index (χ0n) is 12.5. The Morgan fingerprint density at radius 1 is 1.27 bits per heavy atom. The molecule has 0 spiro atoms. The van der Waals surface area contributed by atoms with Gasteiger partial charge < -0.3 is 14.5 Å². The van der Waals surface area contributed by atoms with Crippen molar-refractivity contribution in [2.75, 3.05) is 33.3 Å². The normalized spacial score (nSPS) is 25.6. The number of benzene rings is 1. The molecule has 2 amide bonds. The Morgan fingerprint density at radius 2 is 2.00 bits per heavy atom. The fourth-order valence-electron chi connectivity index (χ4n) is 3.02. The molecule has 0 unspecified atom stereocenters. The maximum absolute atomic E-state index is 12.6. The third-order valence-corrected chi connectivity index (χ3v) is 4.56. The fraction of sp³-hybridized carbons (Fsp3) is 0.500. The van der Waals surface area contributed by atoms with Crippen LogP contribution >= 0.6 is 11.6 Å². The van der Waals surface area contributed by atoms with E-state index in [9.17, 15) is 9.59 Å². The fourth-order valence-corrected chi connectivity index (χ4v) is 3.14. The minimum absolute atomic E-state index is 0.0425. The smallest absolute Gasteiger partial charge is 0.228 e. The van der Waals surface area contributed by atoms with Gasteiger partial charge >= 0.3 is 0 Å². The number of nitrogens with zero attached hydrogens (tertiary/aromatic N) is 2. The van der Waals surface area contributed by atoms with Gasteiger partial charge in [0.1, 0.15) is 6.10 Å². The molecule has 6 heteroatoms. The first-order chi connectivity index (χ1) is 10.5. The van der Waals surface area contributed by atoms with E-state index in [-0.39, 0.29) is 23.8 Å². The summed E-state index contributed by atoms with van der Waals surface area (Å²) >= 11 is 5.90. The van der Waals surface area contributed by atoms with Gasteiger partial charge in [-0.15, -0.1) is 0 Å². The van der Waals surface area contributed by atoms with Crippen LogP contribution in [0.15, 0.2) is 24.3 Å². The highest BCUT2D eigenvalue weighted by molar-refractivity contribution is 6.30. The Hall–Kier alpha value is -1.59. The Balaban J connectivity index is 1.66. The van der Waals surface area contributed by atoms with Gasteiger partial charge in [0.25, 0.3) is 0 Å². The molecule has 2 heterocycles. The number of morpholine rings is 1. The van der Waals surface area contributed by atoms with E-state index in [4.69, 9.17) is 16.3 Å². The van der Waals surface area contributed by atoms with Crippen molar-refractivity contribution in [2.45, 2.75) is 12.5 Å². The number of halogens is 1. The van der Waals surface area contributed by atoms with Crippen molar-refractivity contribution in [3.63, 3.8) is 0 Å². The first-order valence-electron chi connectivity index (χ1n) is 7.44. The molecular formula is C16H19ClN2O3. The summed E-state index contributed by atoms with van der Waals surface area (Å²) in [6.45, 7) is 2.13. The Kier molecular flexibility index (Phi) is 4.36. The van der Waals surface area contributed by atoms with Crippen LogP contribution in [0.2, 0.25) is 5.02 Å². The Morgan fingerprint density at radius 3 is 2.64 bits per heavy atom. The maximum Gasteiger partial charge on any atom is 0.228 e. The van der Waals surface area contributed by atoms with Crippen LogP contribution < -0.4 is 0 Å². The van der Waals surface area contributed by atoms with E-state index >= 15 is 0 Å². The van der Waals surface area contributed by atoms with E-state index in [1.807, 2.05) is 29.2 Å². The molecule has 22 heavy (non-hydrogen) atoms. The average molecular weight is 323 g/mol. The molecule has 0 aromatic heterocycles. The Bertz CT molecular complexity index is 575. The summed E-state index contributed by atoms with van der Waals surface area (Å²) in [5.41, 5.74) is 1.02. The van der Waals surface area contributed by atoms with Crippen LogP contribution in [0.1, 0.15) is 18.1 Å². The summed E-state index contributed by atoms with van der Waals surface area (Å²) in [4.78, 5) is 27.6. The van der Waals surface area contributed by atoms with Gasteiger partial charge in [0.15, 0.2) is 0 Å². The van der Waals surface area contributed by atoms with E-state index < -0.39 is 0 Å². The standard InChI is InChI=1S/C16H19ClN2O3/c1-18-9-12(8-15(18)20)16(21)19-6-7-22-14(10-19)11-2-4-13(17)5-3-11/h2-5,12,14H,6-10H2,1H3/t12-,14+/m1/s1. The second-order valence-corrected chi connectivity index (χ2v) is 6.31. The van der Waals surface area contributed by atoms with Gasteiger partial charge in [-0.25, -0.2) is 0 Å². The quantitative estimate of drug-likeness (QED) is 0.833. The monoisotopic (exact) mass is 322 g/mol. The van der Waals surface area contributed by atoms with E-state index in [1.54, 1.807) is 11.9 Å². The van der Waals surface area contributed by atoms with Crippen molar-refractivity contribution in [1.82, 2.24) is 9.80 Å². The van der Waals surface area contributed by atoms with Gasteiger partial charge in [0.05, 0.1) is 19.1 Å². The van der Waals surface area contributed by atoms with Gasteiger partial charge in [-0.1, -0.05) is 23.7 Å². The van der Waals surface area contributed by atoms with Crippen LogP contribution in [0.25, 0.3) is 0 Å². The molecule has 0 radical (unpaired) electrons. The summed E-state index contributed by atoms with van der Waals surface area (Å²) in [7, 11) is 1.74. The third-order valence-electron chi connectivity index (χ3n) is 4.31. The molecule has 2 aliphatic heterocycles. The van der Waals surface area contributed by atoms with Crippen molar-refractivity contribution in [3.8, 4) is 0 Å². The molecular weight excluding hydrogens is 304 g/mol. The molecule has 0 saturated carbocycles. The molecule has 118 valence electrons. The predicted octanol–water partition coefficient (Wildman–Crippen LogP) is 1.72. The number of carbonyl (C=O) groups is 2. The van der Waals surface area contributed by atoms with E-state index in [1.165, 1.54) is 0 Å². The van der Waals surface area contributed by atoms with Crippen molar-refractivity contribution in [3.05, 3.63) is 34.9 Å². The lowest BCUT2D eigenvalue weighted by Crippen LogP contribution is -2.45. The van der Waals surface area contributed by atoms with E-state index in [0.717, 1.165) is 5.56 Å². The second kappa shape index (κ2) is 6.26. The van der Waals surface area contributed by atoms with Gasteiger partial charge in [0.2, 0.25) is 11.8 Å². The molecule has 1 aromatic rings. The van der Waals surface area contributed by atoms with Crippen molar-refractivity contribution < 1.29 is 14.3 Å². The van der Waals surface area contributed by atoms with Crippen molar-refractivity contribution >= 4 is 23.4 Å². The SMILES string of the molecule is CN1C[C@H](C(=O)N2CCO[C@H](c3ccc(Cl)cc3)C2)CC1=O. The molecule has 1 aromatic carbocycles. The summed E-state index contributed by atoms with van der Waals surface area (Å²) < 4.78 is 5.77. The van der Waals surface area contributed by atoms with Gasteiger partial charge in [0, 0.05) is 31.6 Å². The van der Waals surface area contributed by atoms with E-state index in [2.05, 4.69) is 0 Å². The minimum Gasteiger partial charge on any atom is -0.370 e. The molecule has 5 nitrogen and oxygen atoms in total. The largest absolute Gasteiger partial charge is 0.370 e. The summed E-state index contributed by atoms with van der Waals surface area (Å²) in [6, 6.07) is 7.50. The molecule has 3 rings (SSSR count). The summed E-state index contributed by atoms with van der Waals surface area (Å²) in [6.07, 6.45) is 0.183. The van der Waals surface area contributed by atoms with Crippen molar-refractivity contribution in [2.24, 2.45) is 5.92 Å². The van der Waals surface area contributed by atoms with Crippen LogP contribution in [0, 0.1) is 5.92 Å². The Labute approximate surface area is 134 Å². The number of rotatable bonds is 2. The number of likely N-dealkylation sites (tertiary alicyclic amines) is 1. The molecule has 0 aliphatic carbocycles. The third kappa shape index (κ3) is 3.10. The average Bonchev–Trinajstić information content (AvgIpc) is 2.87. The van der Waals surface area contributed by atoms with Gasteiger partial charge in [-0.3, -0.25) is 9.59 Å². The van der Waals surface area contributed by atoms with Crippen LogP contribution in [-0.4, -0.2) is 54.9 Å². The molecule has 2 saturated heterocycles. The lowest BCUT2D eigenvalue weighted by molar-refractivity contribution is -0.143. The number of hydrogen-bond acceptors (Lipinski definition) is 3. The van der Waals surface area contributed by atoms with Crippen LogP contribution in [0.5, 0.6) is 0 Å². The summed E-state index contributed by atoms with van der Waals surface area (Å²) in [5, 5.41) is 0.681. The maximum atomic E-state index is 12.6. The highest BCUT2D eigenvalue weighted by Gasteiger charge is 2.36. The molecule has 0 bridgehead atoms. The number of carbonyl (C=O) groups excluding carboxylic acids is 2. The zero-order chi connectivity index (χ0) is 15.7. The molecule has 0 N–H and O–H groups in total. The first kappa shape index (κ1) is 15.3.